The highest BCUT2D eigenvalue weighted by molar-refractivity contribution is 5.71. The van der Waals surface area contributed by atoms with Gasteiger partial charge in [0.2, 0.25) is 0 Å². The van der Waals surface area contributed by atoms with Crippen LogP contribution >= 0.6 is 0 Å². The zero-order valence-corrected chi connectivity index (χ0v) is 11.0. The number of nitrogens with two attached hydrogens (primary N) is 1. The van der Waals surface area contributed by atoms with Crippen molar-refractivity contribution in [2.24, 2.45) is 5.84 Å². The van der Waals surface area contributed by atoms with Gasteiger partial charge >= 0.3 is 0 Å². The van der Waals surface area contributed by atoms with Gasteiger partial charge in [-0.3, -0.25) is 0 Å². The highest BCUT2D eigenvalue weighted by Gasteiger charge is 2.13. The molecule has 2 heterocycles. The van der Waals surface area contributed by atoms with Gasteiger partial charge in [0.25, 0.3) is 0 Å². The van der Waals surface area contributed by atoms with Gasteiger partial charge < -0.3 is 9.84 Å². The predicted octanol–water partition coefficient (Wildman–Crippen LogP) is 3.00. The number of anilines is 1. The highest BCUT2D eigenvalue weighted by atomic mass is 16.3. The highest BCUT2D eigenvalue weighted by Crippen LogP contribution is 2.28. The molecule has 5 heteroatoms. The molecular weight excluding hydrogens is 252 g/mol. The average molecular weight is 266 g/mol. The van der Waals surface area contributed by atoms with Gasteiger partial charge in [0.1, 0.15) is 12.1 Å². The van der Waals surface area contributed by atoms with Crippen molar-refractivity contribution in [2.75, 3.05) is 5.43 Å². The van der Waals surface area contributed by atoms with E-state index in [0.29, 0.717) is 11.6 Å². The third-order valence-corrected chi connectivity index (χ3v) is 3.11. The zero-order valence-electron chi connectivity index (χ0n) is 11.0. The first kappa shape index (κ1) is 12.4. The van der Waals surface area contributed by atoms with Crippen molar-refractivity contribution in [1.29, 1.82) is 0 Å². The van der Waals surface area contributed by atoms with Crippen molar-refractivity contribution in [1.82, 2.24) is 9.97 Å². The van der Waals surface area contributed by atoms with E-state index in [2.05, 4.69) is 15.4 Å². The quantitative estimate of drug-likeness (QED) is 0.563. The maximum atomic E-state index is 5.56. The Hall–Kier alpha value is -2.66. The second-order valence-corrected chi connectivity index (χ2v) is 4.39. The first-order chi connectivity index (χ1) is 9.79. The summed E-state index contributed by atoms with van der Waals surface area (Å²) in [5, 5.41) is 0. The molecule has 0 aliphatic carbocycles. The normalized spacial score (nSPS) is 10.5. The lowest BCUT2D eigenvalue weighted by Crippen LogP contribution is -2.12. The molecule has 0 amide bonds. The van der Waals surface area contributed by atoms with Crippen LogP contribution in [0.3, 0.4) is 0 Å². The Labute approximate surface area is 116 Å². The lowest BCUT2D eigenvalue weighted by Gasteiger charge is -2.11. The maximum absolute atomic E-state index is 5.56. The first-order valence-electron chi connectivity index (χ1n) is 6.23. The number of nitrogens with one attached hydrogen (secondary N) is 1. The summed E-state index contributed by atoms with van der Waals surface area (Å²) in [7, 11) is 0. The van der Waals surface area contributed by atoms with E-state index in [4.69, 9.17) is 10.3 Å². The lowest BCUT2D eigenvalue weighted by molar-refractivity contribution is 0.568. The summed E-state index contributed by atoms with van der Waals surface area (Å²) < 4.78 is 5.09. The number of furan rings is 1. The van der Waals surface area contributed by atoms with Gasteiger partial charge in [-0.15, -0.1) is 0 Å². The van der Waals surface area contributed by atoms with E-state index in [-0.39, 0.29) is 0 Å². The van der Waals surface area contributed by atoms with E-state index in [9.17, 15) is 0 Å². The molecule has 0 fully saturated rings. The fourth-order valence-corrected chi connectivity index (χ4v) is 2.06. The Bertz CT molecular complexity index is 708. The van der Waals surface area contributed by atoms with E-state index in [1.54, 1.807) is 12.5 Å². The molecule has 20 heavy (non-hydrogen) atoms. The minimum atomic E-state index is 0.580. The minimum Gasteiger partial charge on any atom is -0.472 e. The van der Waals surface area contributed by atoms with Crippen LogP contribution in [0.2, 0.25) is 0 Å². The lowest BCUT2D eigenvalue weighted by atomic mass is 10.1. The van der Waals surface area contributed by atoms with Crippen LogP contribution < -0.4 is 11.3 Å². The topological polar surface area (TPSA) is 77.0 Å². The van der Waals surface area contributed by atoms with Crippen LogP contribution in [0.15, 0.2) is 53.3 Å². The van der Waals surface area contributed by atoms with Crippen LogP contribution in [-0.4, -0.2) is 9.97 Å². The van der Waals surface area contributed by atoms with Crippen LogP contribution in [0.25, 0.3) is 22.6 Å². The van der Waals surface area contributed by atoms with Crippen molar-refractivity contribution in [3.63, 3.8) is 0 Å². The predicted molar refractivity (Wildman–Crippen MR) is 77.7 cm³/mol. The third-order valence-electron chi connectivity index (χ3n) is 3.11. The molecule has 0 aliphatic rings. The van der Waals surface area contributed by atoms with Crippen LogP contribution in [0.5, 0.6) is 0 Å². The van der Waals surface area contributed by atoms with Crippen LogP contribution in [0, 0.1) is 6.92 Å². The number of nitrogen functional groups attached to an aromatic ring is 1. The second-order valence-electron chi connectivity index (χ2n) is 4.39. The molecule has 0 bridgehead atoms. The molecule has 0 radical (unpaired) electrons. The van der Waals surface area contributed by atoms with Gasteiger partial charge in [0, 0.05) is 11.1 Å². The van der Waals surface area contributed by atoms with Gasteiger partial charge in [-0.1, -0.05) is 30.3 Å². The largest absolute Gasteiger partial charge is 0.472 e. The van der Waals surface area contributed by atoms with E-state index in [0.717, 1.165) is 22.4 Å². The summed E-state index contributed by atoms with van der Waals surface area (Å²) in [6.07, 6.45) is 3.20. The standard InChI is InChI=1S/C15H14N4O/c1-10-13(11-5-3-2-4-6-11)17-15(18-14(10)19-16)12-7-8-20-9-12/h2-9H,16H2,1H3,(H,17,18,19). The molecule has 3 N–H and O–H groups in total. The van der Waals surface area contributed by atoms with Crippen LogP contribution in [0.1, 0.15) is 5.56 Å². The molecule has 0 saturated heterocycles. The molecule has 100 valence electrons. The van der Waals surface area contributed by atoms with Crippen molar-refractivity contribution in [3.8, 4) is 22.6 Å². The summed E-state index contributed by atoms with van der Waals surface area (Å²) in [4.78, 5) is 9.04. The summed E-state index contributed by atoms with van der Waals surface area (Å²) in [6.45, 7) is 1.94. The number of rotatable bonds is 3. The molecule has 0 aliphatic heterocycles. The molecule has 0 saturated carbocycles. The Balaban J connectivity index is 2.21. The van der Waals surface area contributed by atoms with Gasteiger partial charge in [-0.05, 0) is 13.0 Å². The smallest absolute Gasteiger partial charge is 0.165 e. The summed E-state index contributed by atoms with van der Waals surface area (Å²) in [6, 6.07) is 11.8. The Kier molecular flexibility index (Phi) is 3.18. The van der Waals surface area contributed by atoms with Gasteiger partial charge in [-0.2, -0.15) is 0 Å². The first-order valence-corrected chi connectivity index (χ1v) is 6.23. The van der Waals surface area contributed by atoms with Crippen LogP contribution in [0.4, 0.5) is 5.82 Å². The summed E-state index contributed by atoms with van der Waals surface area (Å²) >= 11 is 0. The fourth-order valence-electron chi connectivity index (χ4n) is 2.06. The van der Waals surface area contributed by atoms with E-state index in [1.165, 1.54) is 0 Å². The number of nitrogens with zero attached hydrogens (tertiary/aromatic N) is 2. The third kappa shape index (κ3) is 2.15. The maximum Gasteiger partial charge on any atom is 0.165 e. The van der Waals surface area contributed by atoms with Gasteiger partial charge in [-0.25, -0.2) is 15.8 Å². The fraction of sp³-hybridized carbons (Fsp3) is 0.0667. The molecule has 3 aromatic rings. The monoisotopic (exact) mass is 266 g/mol. The molecule has 0 spiro atoms. The number of benzene rings is 1. The Morgan fingerprint density at radius 1 is 1.05 bits per heavy atom. The molecule has 2 aromatic heterocycles. The number of hydrogen-bond acceptors (Lipinski definition) is 5. The SMILES string of the molecule is Cc1c(NN)nc(-c2ccoc2)nc1-c1ccccc1. The van der Waals surface area contributed by atoms with Crippen molar-refractivity contribution < 1.29 is 4.42 Å². The van der Waals surface area contributed by atoms with Gasteiger partial charge in [0.05, 0.1) is 17.5 Å². The van der Waals surface area contributed by atoms with Crippen molar-refractivity contribution >= 4 is 5.82 Å². The summed E-state index contributed by atoms with van der Waals surface area (Å²) in [5.74, 6) is 6.74. The molecular formula is C15H14N4O. The van der Waals surface area contributed by atoms with E-state index in [1.807, 2.05) is 43.3 Å². The molecule has 0 unspecified atom stereocenters. The Morgan fingerprint density at radius 3 is 2.50 bits per heavy atom. The molecule has 1 aromatic carbocycles. The molecule has 0 atom stereocenters. The average Bonchev–Trinajstić information content (AvgIpc) is 3.03. The number of aromatic nitrogens is 2. The zero-order chi connectivity index (χ0) is 13.9. The number of hydrazine groups is 1. The molecule has 3 rings (SSSR count). The van der Waals surface area contributed by atoms with Crippen molar-refractivity contribution in [3.05, 3.63) is 54.5 Å². The molecule has 5 nitrogen and oxygen atoms in total. The van der Waals surface area contributed by atoms with Gasteiger partial charge in [0.15, 0.2) is 5.82 Å². The van der Waals surface area contributed by atoms with Crippen molar-refractivity contribution in [2.45, 2.75) is 6.92 Å². The second kappa shape index (κ2) is 5.14. The van der Waals surface area contributed by atoms with E-state index >= 15 is 0 Å². The van der Waals surface area contributed by atoms with E-state index < -0.39 is 0 Å². The van der Waals surface area contributed by atoms with Crippen LogP contribution in [-0.2, 0) is 0 Å². The number of hydrogen-bond donors (Lipinski definition) is 2. The Morgan fingerprint density at radius 2 is 1.85 bits per heavy atom. The minimum absolute atomic E-state index is 0.580. The summed E-state index contributed by atoms with van der Waals surface area (Å²) in [5.41, 5.74) is 6.23.